The fraction of sp³-hybridized carbons (Fsp3) is 0.312. The van der Waals surface area contributed by atoms with Crippen molar-refractivity contribution >= 4 is 23.2 Å². The number of carbonyl (C=O) groups excluding carboxylic acids is 1. The zero-order chi connectivity index (χ0) is 16.4. The van der Waals surface area contributed by atoms with Gasteiger partial charge in [-0.15, -0.1) is 11.3 Å². The fourth-order valence-corrected chi connectivity index (χ4v) is 3.15. The number of morpholine rings is 1. The minimum atomic E-state index is -1.05. The number of aryl methyl sites for hydroxylation is 1. The first-order chi connectivity index (χ1) is 11.0. The molecule has 1 fully saturated rings. The molecular formula is C16H16N2O4S. The molecule has 1 aliphatic heterocycles. The zero-order valence-corrected chi connectivity index (χ0v) is 13.4. The lowest BCUT2D eigenvalue weighted by Gasteiger charge is -2.30. The molecule has 2 heterocycles. The van der Waals surface area contributed by atoms with Crippen molar-refractivity contribution in [2.75, 3.05) is 19.7 Å². The van der Waals surface area contributed by atoms with Crippen molar-refractivity contribution in [3.05, 3.63) is 40.9 Å². The summed E-state index contributed by atoms with van der Waals surface area (Å²) >= 11 is 1.40. The standard InChI is InChI=1S/C16H16N2O4S/c1-10-2-4-11(5-3-10)14-17-12(9-23-14)15(19)18-6-7-22-13(8-18)16(20)21/h2-5,9,13H,6-8H2,1H3,(H,20,21). The van der Waals surface area contributed by atoms with E-state index >= 15 is 0 Å². The Kier molecular flexibility index (Phi) is 4.40. The molecule has 1 atom stereocenters. The Morgan fingerprint density at radius 3 is 2.78 bits per heavy atom. The fourth-order valence-electron chi connectivity index (χ4n) is 2.35. The third-order valence-corrected chi connectivity index (χ3v) is 4.54. The first kappa shape index (κ1) is 15.6. The highest BCUT2D eigenvalue weighted by Crippen LogP contribution is 2.25. The van der Waals surface area contributed by atoms with Crippen molar-refractivity contribution < 1.29 is 19.4 Å². The first-order valence-electron chi connectivity index (χ1n) is 7.21. The predicted octanol–water partition coefficient (Wildman–Crippen LogP) is 2.04. The Balaban J connectivity index is 1.75. The highest BCUT2D eigenvalue weighted by atomic mass is 32.1. The number of rotatable bonds is 3. The number of carboxylic acid groups (broad SMARTS) is 1. The molecule has 1 N–H and O–H groups in total. The smallest absolute Gasteiger partial charge is 0.334 e. The second-order valence-electron chi connectivity index (χ2n) is 5.35. The first-order valence-corrected chi connectivity index (χ1v) is 8.09. The van der Waals surface area contributed by atoms with Crippen LogP contribution in [0.1, 0.15) is 16.1 Å². The lowest BCUT2D eigenvalue weighted by atomic mass is 10.2. The van der Waals surface area contributed by atoms with Gasteiger partial charge < -0.3 is 14.7 Å². The molecule has 0 radical (unpaired) electrons. The van der Waals surface area contributed by atoms with Crippen LogP contribution in [0.15, 0.2) is 29.6 Å². The number of nitrogens with zero attached hydrogens (tertiary/aromatic N) is 2. The average Bonchev–Trinajstić information content (AvgIpc) is 3.05. The molecule has 7 heteroatoms. The summed E-state index contributed by atoms with van der Waals surface area (Å²) in [5.41, 5.74) is 2.47. The number of carboxylic acids is 1. The van der Waals surface area contributed by atoms with E-state index in [9.17, 15) is 9.59 Å². The number of thiazole rings is 1. The highest BCUT2D eigenvalue weighted by Gasteiger charge is 2.30. The summed E-state index contributed by atoms with van der Waals surface area (Å²) in [5.74, 6) is -1.31. The van der Waals surface area contributed by atoms with Crippen molar-refractivity contribution in [3.63, 3.8) is 0 Å². The number of benzene rings is 1. The van der Waals surface area contributed by atoms with Gasteiger partial charge in [-0.1, -0.05) is 29.8 Å². The van der Waals surface area contributed by atoms with Gasteiger partial charge in [0.05, 0.1) is 13.2 Å². The summed E-state index contributed by atoms with van der Waals surface area (Å²) in [7, 11) is 0. The average molecular weight is 332 g/mol. The molecular weight excluding hydrogens is 316 g/mol. The maximum absolute atomic E-state index is 12.5. The van der Waals surface area contributed by atoms with Crippen LogP contribution in [-0.4, -0.2) is 52.7 Å². The van der Waals surface area contributed by atoms with Gasteiger partial charge in [-0.25, -0.2) is 9.78 Å². The van der Waals surface area contributed by atoms with E-state index in [1.807, 2.05) is 31.2 Å². The third kappa shape index (κ3) is 3.40. The Morgan fingerprint density at radius 1 is 1.35 bits per heavy atom. The van der Waals surface area contributed by atoms with Gasteiger partial charge in [0.1, 0.15) is 10.7 Å². The Bertz CT molecular complexity index is 726. The van der Waals surface area contributed by atoms with Crippen molar-refractivity contribution in [1.29, 1.82) is 0 Å². The van der Waals surface area contributed by atoms with Gasteiger partial charge in [0, 0.05) is 17.5 Å². The number of hydrogen-bond donors (Lipinski definition) is 1. The normalized spacial score (nSPS) is 18.0. The molecule has 1 aromatic heterocycles. The van der Waals surface area contributed by atoms with Gasteiger partial charge in [0.15, 0.2) is 6.10 Å². The van der Waals surface area contributed by atoms with E-state index in [2.05, 4.69) is 4.98 Å². The summed E-state index contributed by atoms with van der Waals surface area (Å²) in [4.78, 5) is 29.4. The monoisotopic (exact) mass is 332 g/mol. The van der Waals surface area contributed by atoms with E-state index in [-0.39, 0.29) is 19.1 Å². The van der Waals surface area contributed by atoms with Gasteiger partial charge in [-0.3, -0.25) is 4.79 Å². The largest absolute Gasteiger partial charge is 0.479 e. The molecule has 1 unspecified atom stereocenters. The van der Waals surface area contributed by atoms with E-state index in [4.69, 9.17) is 9.84 Å². The molecule has 6 nitrogen and oxygen atoms in total. The van der Waals surface area contributed by atoms with Crippen LogP contribution in [0.5, 0.6) is 0 Å². The molecule has 0 aliphatic carbocycles. The van der Waals surface area contributed by atoms with Crippen molar-refractivity contribution in [3.8, 4) is 10.6 Å². The van der Waals surface area contributed by atoms with Crippen molar-refractivity contribution in [1.82, 2.24) is 9.88 Å². The minimum Gasteiger partial charge on any atom is -0.479 e. The summed E-state index contributed by atoms with van der Waals surface area (Å²) in [5, 5.41) is 11.5. The van der Waals surface area contributed by atoms with Crippen LogP contribution in [0.2, 0.25) is 0 Å². The van der Waals surface area contributed by atoms with Crippen LogP contribution < -0.4 is 0 Å². The second kappa shape index (κ2) is 6.47. The molecule has 1 aliphatic rings. The van der Waals surface area contributed by atoms with Gasteiger partial charge in [-0.05, 0) is 6.92 Å². The van der Waals surface area contributed by atoms with Gasteiger partial charge >= 0.3 is 5.97 Å². The molecule has 120 valence electrons. The molecule has 1 amide bonds. The number of hydrogen-bond acceptors (Lipinski definition) is 5. The molecule has 23 heavy (non-hydrogen) atoms. The van der Waals surface area contributed by atoms with Crippen LogP contribution in [0.3, 0.4) is 0 Å². The Labute approximate surface area is 137 Å². The summed E-state index contributed by atoms with van der Waals surface area (Å²) in [6.07, 6.45) is -0.970. The van der Waals surface area contributed by atoms with Crippen LogP contribution in [0.4, 0.5) is 0 Å². The lowest BCUT2D eigenvalue weighted by Crippen LogP contribution is -2.48. The van der Waals surface area contributed by atoms with E-state index < -0.39 is 12.1 Å². The number of aromatic nitrogens is 1. The summed E-state index contributed by atoms with van der Waals surface area (Å²) < 4.78 is 5.13. The van der Waals surface area contributed by atoms with Crippen LogP contribution >= 0.6 is 11.3 Å². The van der Waals surface area contributed by atoms with Gasteiger partial charge in [-0.2, -0.15) is 0 Å². The number of carbonyl (C=O) groups is 2. The minimum absolute atomic E-state index is 0.0472. The second-order valence-corrected chi connectivity index (χ2v) is 6.21. The summed E-state index contributed by atoms with van der Waals surface area (Å²) in [6.45, 7) is 2.65. The lowest BCUT2D eigenvalue weighted by molar-refractivity contribution is -0.154. The molecule has 1 aromatic carbocycles. The zero-order valence-electron chi connectivity index (χ0n) is 12.6. The third-order valence-electron chi connectivity index (χ3n) is 3.65. The molecule has 3 rings (SSSR count). The van der Waals surface area contributed by atoms with Crippen LogP contribution in [0, 0.1) is 6.92 Å². The van der Waals surface area contributed by atoms with Crippen LogP contribution in [-0.2, 0) is 9.53 Å². The van der Waals surface area contributed by atoms with Crippen LogP contribution in [0.25, 0.3) is 10.6 Å². The topological polar surface area (TPSA) is 79.7 Å². The van der Waals surface area contributed by atoms with E-state index in [0.717, 1.165) is 16.1 Å². The maximum Gasteiger partial charge on any atom is 0.334 e. The Hall–Kier alpha value is -2.25. The highest BCUT2D eigenvalue weighted by molar-refractivity contribution is 7.13. The molecule has 0 spiro atoms. The van der Waals surface area contributed by atoms with Crippen molar-refractivity contribution in [2.24, 2.45) is 0 Å². The van der Waals surface area contributed by atoms with Crippen molar-refractivity contribution in [2.45, 2.75) is 13.0 Å². The maximum atomic E-state index is 12.5. The Morgan fingerprint density at radius 2 is 2.09 bits per heavy atom. The van der Waals surface area contributed by atoms with Gasteiger partial charge in [0.2, 0.25) is 0 Å². The van der Waals surface area contributed by atoms with E-state index in [1.54, 1.807) is 5.38 Å². The molecule has 2 aromatic rings. The van der Waals surface area contributed by atoms with E-state index in [1.165, 1.54) is 16.2 Å². The molecule has 0 bridgehead atoms. The predicted molar refractivity (Wildman–Crippen MR) is 85.6 cm³/mol. The summed E-state index contributed by atoms with van der Waals surface area (Å²) in [6, 6.07) is 7.94. The van der Waals surface area contributed by atoms with Gasteiger partial charge in [0.25, 0.3) is 5.91 Å². The molecule has 1 saturated heterocycles. The van der Waals surface area contributed by atoms with E-state index in [0.29, 0.717) is 12.2 Å². The number of aliphatic carboxylic acids is 1. The quantitative estimate of drug-likeness (QED) is 0.930. The number of amides is 1. The molecule has 0 saturated carbocycles. The SMILES string of the molecule is Cc1ccc(-c2nc(C(=O)N3CCOC(C(=O)O)C3)cs2)cc1. The number of ether oxygens (including phenoxy) is 1.